The molecular weight excluding hydrogens is 458 g/mol. The summed E-state index contributed by atoms with van der Waals surface area (Å²) in [5.74, 6) is 0.392. The summed E-state index contributed by atoms with van der Waals surface area (Å²) in [5, 5.41) is 2.64. The van der Waals surface area contributed by atoms with Crippen molar-refractivity contribution in [3.05, 3.63) is 41.7 Å². The fourth-order valence-electron chi connectivity index (χ4n) is 5.51. The average Bonchev–Trinajstić information content (AvgIpc) is 3.32. The van der Waals surface area contributed by atoms with Crippen LogP contribution in [0, 0.1) is 41.2 Å². The molecule has 4 fully saturated rings. The van der Waals surface area contributed by atoms with E-state index < -0.39 is 11.6 Å². The highest BCUT2D eigenvalue weighted by atomic mass is 19.1. The Hall–Kier alpha value is -3.45. The number of amides is 1. The van der Waals surface area contributed by atoms with E-state index in [9.17, 15) is 9.18 Å². The molecule has 2 aromatic rings. The topological polar surface area (TPSA) is 85.8 Å². The van der Waals surface area contributed by atoms with E-state index >= 15 is 4.39 Å². The van der Waals surface area contributed by atoms with Crippen molar-refractivity contribution in [1.82, 2.24) is 14.9 Å². The van der Waals surface area contributed by atoms with Crippen LogP contribution < -0.4 is 10.1 Å². The molecule has 2 aliphatic heterocycles. The van der Waals surface area contributed by atoms with Crippen molar-refractivity contribution in [1.29, 1.82) is 0 Å². The third-order valence-corrected chi connectivity index (χ3v) is 7.78. The summed E-state index contributed by atoms with van der Waals surface area (Å²) >= 11 is 0. The number of nitrogens with one attached hydrogen (secondary N) is 1. The van der Waals surface area contributed by atoms with E-state index in [-0.39, 0.29) is 52.4 Å². The lowest BCUT2D eigenvalue weighted by Crippen LogP contribution is -2.61. The predicted octanol–water partition coefficient (Wildman–Crippen LogP) is 3.49. The molecular formula is C25H24F2N4O4. The molecule has 182 valence electrons. The van der Waals surface area contributed by atoms with Gasteiger partial charge in [0, 0.05) is 35.9 Å². The maximum Gasteiger partial charge on any atom is 0.410 e. The van der Waals surface area contributed by atoms with Crippen LogP contribution in [-0.4, -0.2) is 59.0 Å². The third kappa shape index (κ3) is 3.57. The van der Waals surface area contributed by atoms with Gasteiger partial charge < -0.3 is 24.4 Å². The number of halogens is 2. The zero-order valence-corrected chi connectivity index (χ0v) is 19.1. The Morgan fingerprint density at radius 1 is 1.31 bits per heavy atom. The lowest BCUT2D eigenvalue weighted by molar-refractivity contribution is -0.103. The van der Waals surface area contributed by atoms with Crippen LogP contribution in [0.5, 0.6) is 5.88 Å². The van der Waals surface area contributed by atoms with Crippen molar-refractivity contribution in [2.45, 2.75) is 31.5 Å². The van der Waals surface area contributed by atoms with Gasteiger partial charge in [0.15, 0.2) is 5.82 Å². The van der Waals surface area contributed by atoms with Crippen molar-refractivity contribution in [2.24, 2.45) is 17.3 Å². The predicted molar refractivity (Wildman–Crippen MR) is 120 cm³/mol. The summed E-state index contributed by atoms with van der Waals surface area (Å²) in [6.45, 7) is 3.90. The van der Waals surface area contributed by atoms with Crippen molar-refractivity contribution in [3.63, 3.8) is 0 Å². The monoisotopic (exact) mass is 482 g/mol. The van der Waals surface area contributed by atoms with Gasteiger partial charge in [-0.1, -0.05) is 5.92 Å². The molecule has 0 radical (unpaired) electrons. The van der Waals surface area contributed by atoms with Crippen molar-refractivity contribution in [2.75, 3.05) is 31.6 Å². The van der Waals surface area contributed by atoms with Crippen LogP contribution in [0.25, 0.3) is 0 Å². The van der Waals surface area contributed by atoms with E-state index in [0.29, 0.717) is 31.9 Å². The summed E-state index contributed by atoms with van der Waals surface area (Å²) in [6, 6.07) is 4.13. The van der Waals surface area contributed by atoms with E-state index in [1.54, 1.807) is 4.90 Å². The highest BCUT2D eigenvalue weighted by Gasteiger charge is 2.70. The van der Waals surface area contributed by atoms with E-state index in [4.69, 9.17) is 20.6 Å². The quantitative estimate of drug-likeness (QED) is 0.653. The molecule has 8 nitrogen and oxygen atoms in total. The first kappa shape index (κ1) is 22.0. The molecule has 1 amide bonds. The summed E-state index contributed by atoms with van der Waals surface area (Å²) < 4.78 is 47.0. The number of aromatic nitrogens is 2. The molecule has 0 bridgehead atoms. The number of carbonyl (C=O) groups is 1. The van der Waals surface area contributed by atoms with Gasteiger partial charge in [-0.15, -0.1) is 6.42 Å². The largest absolute Gasteiger partial charge is 0.471 e. The fraction of sp³-hybridized carbons (Fsp3) is 0.480. The summed E-state index contributed by atoms with van der Waals surface area (Å²) in [7, 11) is 0. The second-order valence-electron chi connectivity index (χ2n) is 10.0. The van der Waals surface area contributed by atoms with Crippen LogP contribution in [0.2, 0.25) is 0 Å². The number of ether oxygens (including phenoxy) is 3. The van der Waals surface area contributed by atoms with Gasteiger partial charge in [-0.3, -0.25) is 0 Å². The number of rotatable bonds is 5. The van der Waals surface area contributed by atoms with Crippen LogP contribution in [-0.2, 0) is 9.47 Å². The Labute approximate surface area is 201 Å². The minimum absolute atomic E-state index is 0.00124. The Morgan fingerprint density at radius 3 is 2.89 bits per heavy atom. The molecule has 4 aliphatic rings. The van der Waals surface area contributed by atoms with Gasteiger partial charge >= 0.3 is 6.09 Å². The minimum atomic E-state index is -0.833. The number of benzene rings is 1. The molecule has 6 rings (SSSR count). The number of likely N-dealkylation sites (tertiary alicyclic amines) is 1. The zero-order chi connectivity index (χ0) is 24.4. The molecule has 3 heterocycles. The highest BCUT2D eigenvalue weighted by molar-refractivity contribution is 5.69. The molecule has 4 unspecified atom stereocenters. The molecule has 1 aromatic carbocycles. The Bertz CT molecular complexity index is 1250. The van der Waals surface area contributed by atoms with Gasteiger partial charge in [0.2, 0.25) is 5.82 Å². The van der Waals surface area contributed by atoms with Gasteiger partial charge in [0.1, 0.15) is 23.8 Å². The Balaban J connectivity index is 1.19. The van der Waals surface area contributed by atoms with Crippen molar-refractivity contribution < 1.29 is 27.8 Å². The highest BCUT2D eigenvalue weighted by Crippen LogP contribution is 2.60. The van der Waals surface area contributed by atoms with E-state index in [0.717, 1.165) is 19.2 Å². The number of nitrogens with zero attached hydrogens (tertiary/aromatic N) is 3. The first-order valence-electron chi connectivity index (χ1n) is 11.6. The van der Waals surface area contributed by atoms with Gasteiger partial charge in [0.05, 0.1) is 18.9 Å². The zero-order valence-electron chi connectivity index (χ0n) is 19.1. The number of terminal acetylenes is 1. The summed E-state index contributed by atoms with van der Waals surface area (Å²) in [4.78, 5) is 22.3. The molecule has 1 aromatic heterocycles. The fourth-order valence-corrected chi connectivity index (χ4v) is 5.51. The molecule has 1 spiro atoms. The molecule has 35 heavy (non-hydrogen) atoms. The number of hydrogen-bond acceptors (Lipinski definition) is 7. The smallest absolute Gasteiger partial charge is 0.410 e. The minimum Gasteiger partial charge on any atom is -0.471 e. The van der Waals surface area contributed by atoms with Gasteiger partial charge in [-0.25, -0.2) is 14.2 Å². The first-order chi connectivity index (χ1) is 16.8. The van der Waals surface area contributed by atoms with Crippen LogP contribution in [0.3, 0.4) is 0 Å². The van der Waals surface area contributed by atoms with Crippen molar-refractivity contribution >= 4 is 17.6 Å². The van der Waals surface area contributed by atoms with Crippen LogP contribution in [0.4, 0.5) is 25.1 Å². The first-order valence-corrected chi connectivity index (χ1v) is 11.6. The lowest BCUT2D eigenvalue weighted by Gasteiger charge is -2.51. The van der Waals surface area contributed by atoms with E-state index in [2.05, 4.69) is 21.2 Å². The molecule has 2 saturated carbocycles. The maximum absolute atomic E-state index is 15.3. The van der Waals surface area contributed by atoms with Gasteiger partial charge in [0.25, 0.3) is 5.88 Å². The third-order valence-electron chi connectivity index (χ3n) is 7.78. The van der Waals surface area contributed by atoms with Crippen LogP contribution in [0.1, 0.15) is 25.3 Å². The van der Waals surface area contributed by atoms with Crippen LogP contribution in [0.15, 0.2) is 24.5 Å². The molecule has 4 atom stereocenters. The summed E-state index contributed by atoms with van der Waals surface area (Å²) in [6.07, 6.45) is 7.49. The van der Waals surface area contributed by atoms with Gasteiger partial charge in [-0.05, 0) is 38.0 Å². The second-order valence-corrected chi connectivity index (χ2v) is 10.0. The lowest BCUT2D eigenvalue weighted by atomic mass is 9.54. The molecule has 1 N–H and O–H groups in total. The normalized spacial score (nSPS) is 29.4. The second kappa shape index (κ2) is 7.78. The molecule has 10 heteroatoms. The molecule has 2 saturated heterocycles. The van der Waals surface area contributed by atoms with Crippen LogP contribution >= 0.6 is 0 Å². The molecule has 2 aliphatic carbocycles. The average molecular weight is 482 g/mol. The number of hydrogen-bond donors (Lipinski definition) is 1. The number of anilines is 2. The summed E-state index contributed by atoms with van der Waals surface area (Å²) in [5.41, 5.74) is -0.186. The maximum atomic E-state index is 15.3. The standard InChI is InChI=1S/C25H24F2N4O4/c1-3-14-4-5-18(17(26)8-14)30-21-19(27)22(29-13-28-21)34-20-15-9-31(23(32)35-24(2)6-7-24)11-25(15)12-33-10-16(20)25/h1,4-5,8,13,15-16,20H,6-7,9-12H2,2H3,(H,28,29,30). The van der Waals surface area contributed by atoms with E-state index in [1.807, 2.05) is 6.92 Å². The Morgan fingerprint density at radius 2 is 2.14 bits per heavy atom. The number of carbonyl (C=O) groups excluding carboxylic acids is 1. The van der Waals surface area contributed by atoms with Gasteiger partial charge in [-0.2, -0.15) is 9.37 Å². The Kier molecular flexibility index (Phi) is 4.90. The van der Waals surface area contributed by atoms with E-state index in [1.165, 1.54) is 18.2 Å². The van der Waals surface area contributed by atoms with Crippen molar-refractivity contribution in [3.8, 4) is 18.2 Å². The SMILES string of the molecule is C#Cc1ccc(Nc2ncnc(OC3C4COCC45CN(C(=O)OC4(C)CC4)CC35)c2F)c(F)c1.